The van der Waals surface area contributed by atoms with E-state index in [0.29, 0.717) is 70.5 Å². The van der Waals surface area contributed by atoms with Gasteiger partial charge in [-0.3, -0.25) is 0 Å². The molecule has 0 atom stereocenters. The van der Waals surface area contributed by atoms with Gasteiger partial charge in [0.25, 0.3) is 0 Å². The molecule has 1 aliphatic heterocycles. The molecule has 2 heterocycles. The highest BCUT2D eigenvalue weighted by atomic mass is 16.7. The Balaban J connectivity index is 1.21. The monoisotopic (exact) mass is 585 g/mol. The van der Waals surface area contributed by atoms with Crippen LogP contribution in [0.1, 0.15) is 22.3 Å². The molecule has 4 aromatic rings. The van der Waals surface area contributed by atoms with E-state index in [9.17, 15) is 0 Å². The molecule has 1 aliphatic rings. The zero-order valence-corrected chi connectivity index (χ0v) is 24.3. The maximum absolute atomic E-state index is 5.62. The van der Waals surface area contributed by atoms with Crippen molar-refractivity contribution in [3.63, 3.8) is 0 Å². The van der Waals surface area contributed by atoms with Gasteiger partial charge in [-0.05, 0) is 47.2 Å². The number of aromatic nitrogens is 3. The number of ether oxygens (including phenoxy) is 4. The number of benzene rings is 3. The van der Waals surface area contributed by atoms with Crippen LogP contribution in [0.4, 0.5) is 17.8 Å². The first kappa shape index (κ1) is 30.0. The molecule has 0 bridgehead atoms. The van der Waals surface area contributed by atoms with Crippen molar-refractivity contribution >= 4 is 17.8 Å². The highest BCUT2D eigenvalue weighted by Gasteiger charge is 2.14. The minimum atomic E-state index is 0.240. The summed E-state index contributed by atoms with van der Waals surface area (Å²) in [5.74, 6) is 2.86. The molecule has 5 N–H and O–H groups in total. The molecule has 5 rings (SSSR count). The zero-order valence-electron chi connectivity index (χ0n) is 24.3. The number of fused-ring (bicyclic) bond motifs is 1. The topological polar surface area (TPSA) is 138 Å². The molecule has 226 valence electrons. The molecule has 0 fully saturated rings. The number of nitrogens with one attached hydrogen (secondary N) is 3. The standard InChI is InChI=1S/C32H39N7O4/c33-14-16-40-18-19-41-17-15-34-30-37-31(35-21-25-11-13-28-29(20-25)43-23-42-28)39-32(38-30)36-22-27-9-5-4-8-26(27)12-10-24-6-2-1-3-7-24/h1-9,11,13,20H,10,12,14-19,21-23,33H2,(H3,34,35,36,37,38,39). The molecule has 0 unspecified atom stereocenters. The zero-order chi connectivity index (χ0) is 29.5. The second-order valence-corrected chi connectivity index (χ2v) is 9.90. The minimum Gasteiger partial charge on any atom is -0.454 e. The summed E-state index contributed by atoms with van der Waals surface area (Å²) in [6.45, 7) is 4.39. The summed E-state index contributed by atoms with van der Waals surface area (Å²) in [6.07, 6.45) is 1.93. The van der Waals surface area contributed by atoms with Gasteiger partial charge in [0, 0.05) is 26.2 Å². The van der Waals surface area contributed by atoms with Crippen molar-refractivity contribution in [3.8, 4) is 11.5 Å². The number of aryl methyl sites for hydroxylation is 2. The SMILES string of the molecule is NCCOCCOCCNc1nc(NCc2ccc3c(c2)OCO3)nc(NCc2ccccc2CCc2ccccc2)n1. The number of anilines is 3. The first-order valence-electron chi connectivity index (χ1n) is 14.6. The number of nitrogens with zero attached hydrogens (tertiary/aromatic N) is 3. The molecular weight excluding hydrogens is 546 g/mol. The van der Waals surface area contributed by atoms with E-state index >= 15 is 0 Å². The van der Waals surface area contributed by atoms with Gasteiger partial charge in [-0.25, -0.2) is 0 Å². The number of hydrogen-bond donors (Lipinski definition) is 4. The van der Waals surface area contributed by atoms with Crippen LogP contribution >= 0.6 is 0 Å². The lowest BCUT2D eigenvalue weighted by molar-refractivity contribution is 0.0547. The Morgan fingerprint density at radius 2 is 1.30 bits per heavy atom. The van der Waals surface area contributed by atoms with E-state index in [1.165, 1.54) is 16.7 Å². The van der Waals surface area contributed by atoms with Gasteiger partial charge in [0.15, 0.2) is 11.5 Å². The molecule has 0 saturated heterocycles. The largest absolute Gasteiger partial charge is 0.454 e. The molecule has 1 aromatic heterocycles. The normalized spacial score (nSPS) is 11.8. The fraction of sp³-hybridized carbons (Fsp3) is 0.344. The molecule has 43 heavy (non-hydrogen) atoms. The lowest BCUT2D eigenvalue weighted by atomic mass is 10.00. The van der Waals surface area contributed by atoms with Gasteiger partial charge in [-0.1, -0.05) is 60.7 Å². The fourth-order valence-electron chi connectivity index (χ4n) is 4.56. The summed E-state index contributed by atoms with van der Waals surface area (Å²) < 4.78 is 21.9. The maximum atomic E-state index is 5.62. The molecule has 0 radical (unpaired) electrons. The molecule has 11 heteroatoms. The Kier molecular flexibility index (Phi) is 11.3. The molecule has 0 saturated carbocycles. The Hall–Kier alpha value is -4.45. The second-order valence-electron chi connectivity index (χ2n) is 9.90. The third-order valence-electron chi connectivity index (χ3n) is 6.77. The van der Waals surface area contributed by atoms with Crippen LogP contribution in [-0.2, 0) is 35.4 Å². The molecule has 0 amide bonds. The second kappa shape index (κ2) is 16.3. The number of nitrogens with two attached hydrogens (primary N) is 1. The van der Waals surface area contributed by atoms with Crippen molar-refractivity contribution in [1.29, 1.82) is 0 Å². The first-order valence-corrected chi connectivity index (χ1v) is 14.6. The van der Waals surface area contributed by atoms with E-state index in [1.807, 2.05) is 24.3 Å². The Morgan fingerprint density at radius 1 is 0.628 bits per heavy atom. The van der Waals surface area contributed by atoms with E-state index in [0.717, 1.165) is 29.9 Å². The van der Waals surface area contributed by atoms with Crippen molar-refractivity contribution in [3.05, 3.63) is 95.1 Å². The molecule has 0 spiro atoms. The van der Waals surface area contributed by atoms with Gasteiger partial charge < -0.3 is 40.6 Å². The van der Waals surface area contributed by atoms with Crippen molar-refractivity contribution in [2.24, 2.45) is 5.73 Å². The highest BCUT2D eigenvalue weighted by molar-refractivity contribution is 5.47. The quantitative estimate of drug-likeness (QED) is 0.126. The van der Waals surface area contributed by atoms with Gasteiger partial charge in [0.1, 0.15) is 0 Å². The predicted molar refractivity (Wildman–Crippen MR) is 167 cm³/mol. The van der Waals surface area contributed by atoms with Crippen LogP contribution in [-0.4, -0.2) is 61.3 Å². The summed E-state index contributed by atoms with van der Waals surface area (Å²) in [4.78, 5) is 13.8. The third-order valence-corrected chi connectivity index (χ3v) is 6.77. The number of hydrogen-bond acceptors (Lipinski definition) is 11. The average molecular weight is 586 g/mol. The molecule has 0 aliphatic carbocycles. The Labute approximate surface area is 252 Å². The lowest BCUT2D eigenvalue weighted by Gasteiger charge is -2.13. The molecular formula is C32H39N7O4. The van der Waals surface area contributed by atoms with Crippen LogP contribution in [0.25, 0.3) is 0 Å². The van der Waals surface area contributed by atoms with E-state index in [2.05, 4.69) is 79.4 Å². The van der Waals surface area contributed by atoms with Crippen LogP contribution in [0.5, 0.6) is 11.5 Å². The third kappa shape index (κ3) is 9.53. The maximum Gasteiger partial charge on any atom is 0.231 e. The minimum absolute atomic E-state index is 0.240. The van der Waals surface area contributed by atoms with Crippen LogP contribution in [0.15, 0.2) is 72.8 Å². The van der Waals surface area contributed by atoms with Gasteiger partial charge in [-0.15, -0.1) is 0 Å². The van der Waals surface area contributed by atoms with Gasteiger partial charge in [0.2, 0.25) is 24.6 Å². The van der Waals surface area contributed by atoms with Gasteiger partial charge in [-0.2, -0.15) is 15.0 Å². The highest BCUT2D eigenvalue weighted by Crippen LogP contribution is 2.32. The lowest BCUT2D eigenvalue weighted by Crippen LogP contribution is -2.17. The van der Waals surface area contributed by atoms with Crippen LogP contribution < -0.4 is 31.2 Å². The van der Waals surface area contributed by atoms with Crippen molar-refractivity contribution in [2.75, 3.05) is 62.3 Å². The first-order chi connectivity index (χ1) is 21.3. The molecule has 11 nitrogen and oxygen atoms in total. The van der Waals surface area contributed by atoms with E-state index in [1.54, 1.807) is 0 Å². The van der Waals surface area contributed by atoms with Crippen molar-refractivity contribution in [1.82, 2.24) is 15.0 Å². The summed E-state index contributed by atoms with van der Waals surface area (Å²) in [6, 6.07) is 24.8. The van der Waals surface area contributed by atoms with E-state index < -0.39 is 0 Å². The average Bonchev–Trinajstić information content (AvgIpc) is 3.52. The molecule has 3 aromatic carbocycles. The van der Waals surface area contributed by atoms with Crippen molar-refractivity contribution < 1.29 is 18.9 Å². The number of rotatable bonds is 18. The fourth-order valence-corrected chi connectivity index (χ4v) is 4.56. The van der Waals surface area contributed by atoms with E-state index in [-0.39, 0.29) is 6.79 Å². The van der Waals surface area contributed by atoms with Gasteiger partial charge >= 0.3 is 0 Å². The van der Waals surface area contributed by atoms with Crippen LogP contribution in [0.3, 0.4) is 0 Å². The van der Waals surface area contributed by atoms with Gasteiger partial charge in [0.05, 0.1) is 26.4 Å². The summed E-state index contributed by atoms with van der Waals surface area (Å²) in [5.41, 5.74) is 10.3. The Bertz CT molecular complexity index is 1420. The summed E-state index contributed by atoms with van der Waals surface area (Å²) >= 11 is 0. The smallest absolute Gasteiger partial charge is 0.231 e. The van der Waals surface area contributed by atoms with Crippen LogP contribution in [0, 0.1) is 0 Å². The predicted octanol–water partition coefficient (Wildman–Crippen LogP) is 4.01. The van der Waals surface area contributed by atoms with Crippen molar-refractivity contribution in [2.45, 2.75) is 25.9 Å². The van der Waals surface area contributed by atoms with Crippen LogP contribution in [0.2, 0.25) is 0 Å². The summed E-state index contributed by atoms with van der Waals surface area (Å²) in [5, 5.41) is 9.96. The Morgan fingerprint density at radius 3 is 2.09 bits per heavy atom. The van der Waals surface area contributed by atoms with E-state index in [4.69, 9.17) is 24.7 Å². The summed E-state index contributed by atoms with van der Waals surface area (Å²) in [7, 11) is 0.